The van der Waals surface area contributed by atoms with Crippen LogP contribution in [-0.4, -0.2) is 12.0 Å². The fourth-order valence-corrected chi connectivity index (χ4v) is 6.69. The van der Waals surface area contributed by atoms with Crippen molar-refractivity contribution < 1.29 is 9.18 Å². The highest BCUT2D eigenvalue weighted by Crippen LogP contribution is 2.46. The number of Topliss-reactive ketones (excluding diaryl/α,β-unsaturated/α-hetero) is 1. The summed E-state index contributed by atoms with van der Waals surface area (Å²) in [6.07, 6.45) is 12.8. The van der Waals surface area contributed by atoms with E-state index in [-0.39, 0.29) is 11.8 Å². The maximum absolute atomic E-state index is 14.7. The van der Waals surface area contributed by atoms with Crippen LogP contribution in [0.1, 0.15) is 105 Å². The fraction of sp³-hybridized carbons (Fsp3) is 0.516. The second-order valence-electron chi connectivity index (χ2n) is 10.6. The van der Waals surface area contributed by atoms with Crippen LogP contribution in [0.5, 0.6) is 0 Å². The minimum atomic E-state index is -0.922. The summed E-state index contributed by atoms with van der Waals surface area (Å²) in [7, 11) is 0. The molecule has 0 radical (unpaired) electrons. The molecule has 2 unspecified atom stereocenters. The first-order valence-electron chi connectivity index (χ1n) is 13.2. The first kappa shape index (κ1) is 22.6. The minimum absolute atomic E-state index is 0.190. The van der Waals surface area contributed by atoms with E-state index in [9.17, 15) is 9.18 Å². The molecule has 3 aliphatic rings. The van der Waals surface area contributed by atoms with Gasteiger partial charge in [0.05, 0.1) is 0 Å². The maximum atomic E-state index is 14.7. The van der Waals surface area contributed by atoms with Gasteiger partial charge in [-0.1, -0.05) is 80.3 Å². The summed E-state index contributed by atoms with van der Waals surface area (Å²) >= 11 is 0. The summed E-state index contributed by atoms with van der Waals surface area (Å²) in [6, 6.07) is 17.0. The Hall–Kier alpha value is -2.22. The SMILES string of the molecule is CC(F)C1C(c2cccc(C3CCC(C(=O)C4CCCCCC4)CC3)c2)=Cc2ccccc21. The summed E-state index contributed by atoms with van der Waals surface area (Å²) in [5.74, 6) is 1.49. The number of fused-ring (bicyclic) bond motifs is 1. The average Bonchev–Trinajstić information content (AvgIpc) is 3.03. The van der Waals surface area contributed by atoms with Crippen molar-refractivity contribution in [3.05, 3.63) is 70.8 Å². The van der Waals surface area contributed by atoms with E-state index in [1.807, 2.05) is 12.1 Å². The van der Waals surface area contributed by atoms with Crippen LogP contribution in [0.3, 0.4) is 0 Å². The molecule has 0 saturated heterocycles. The maximum Gasteiger partial charge on any atom is 0.139 e. The van der Waals surface area contributed by atoms with Crippen LogP contribution in [0.25, 0.3) is 11.6 Å². The van der Waals surface area contributed by atoms with Crippen LogP contribution < -0.4 is 0 Å². The lowest BCUT2D eigenvalue weighted by atomic mass is 9.73. The van der Waals surface area contributed by atoms with Gasteiger partial charge in [0.1, 0.15) is 12.0 Å². The first-order chi connectivity index (χ1) is 16.1. The third-order valence-corrected chi connectivity index (χ3v) is 8.51. The molecule has 2 fully saturated rings. The molecule has 0 aromatic heterocycles. The van der Waals surface area contributed by atoms with Crippen LogP contribution in [0.15, 0.2) is 48.5 Å². The molecule has 2 heteroatoms. The summed E-state index contributed by atoms with van der Waals surface area (Å²) in [5.41, 5.74) is 5.85. The molecule has 174 valence electrons. The van der Waals surface area contributed by atoms with Gasteiger partial charge in [-0.05, 0) is 79.2 Å². The standard InChI is InChI=1S/C31H37FO/c1-21(32)30-28-14-7-6-11-27(28)20-29(30)26-13-8-12-25(19-26)22-15-17-24(18-16-22)31(33)23-9-4-2-3-5-10-23/h6-8,11-14,19-24,30H,2-5,9-10,15-18H2,1H3. The van der Waals surface area contributed by atoms with Gasteiger partial charge in [0.15, 0.2) is 0 Å². The number of carbonyl (C=O) groups is 1. The molecule has 0 N–H and O–H groups in total. The number of ketones is 1. The number of allylic oxidation sites excluding steroid dienone is 1. The summed E-state index contributed by atoms with van der Waals surface area (Å²) < 4.78 is 14.7. The van der Waals surface area contributed by atoms with Gasteiger partial charge in [0.25, 0.3) is 0 Å². The van der Waals surface area contributed by atoms with E-state index in [2.05, 4.69) is 42.5 Å². The highest BCUT2D eigenvalue weighted by Gasteiger charge is 2.33. The Kier molecular flexibility index (Phi) is 6.81. The van der Waals surface area contributed by atoms with Crippen LogP contribution in [0.4, 0.5) is 4.39 Å². The smallest absolute Gasteiger partial charge is 0.139 e. The molecule has 1 nitrogen and oxygen atoms in total. The third-order valence-electron chi connectivity index (χ3n) is 8.51. The lowest BCUT2D eigenvalue weighted by molar-refractivity contribution is -0.128. The second kappa shape index (κ2) is 9.95. The molecule has 0 aliphatic heterocycles. The Bertz CT molecular complexity index is 1000. The van der Waals surface area contributed by atoms with Crippen molar-refractivity contribution in [3.63, 3.8) is 0 Å². The Balaban J connectivity index is 1.28. The van der Waals surface area contributed by atoms with Crippen LogP contribution in [0, 0.1) is 11.8 Å². The van der Waals surface area contributed by atoms with E-state index in [1.54, 1.807) is 6.92 Å². The predicted molar refractivity (Wildman–Crippen MR) is 135 cm³/mol. The number of rotatable bonds is 5. The molecule has 0 bridgehead atoms. The van der Waals surface area contributed by atoms with Crippen molar-refractivity contribution in [2.75, 3.05) is 0 Å². The molecule has 0 amide bonds. The third kappa shape index (κ3) is 4.72. The number of benzene rings is 2. The van der Waals surface area contributed by atoms with E-state index in [0.29, 0.717) is 17.6 Å². The van der Waals surface area contributed by atoms with Gasteiger partial charge >= 0.3 is 0 Å². The average molecular weight is 445 g/mol. The number of carbonyl (C=O) groups excluding carboxylic acids is 1. The van der Waals surface area contributed by atoms with E-state index < -0.39 is 6.17 Å². The van der Waals surface area contributed by atoms with Gasteiger partial charge < -0.3 is 0 Å². The zero-order chi connectivity index (χ0) is 22.8. The van der Waals surface area contributed by atoms with Crippen molar-refractivity contribution in [1.29, 1.82) is 0 Å². The highest BCUT2D eigenvalue weighted by molar-refractivity contribution is 5.92. The van der Waals surface area contributed by atoms with E-state index in [4.69, 9.17) is 0 Å². The number of hydrogen-bond acceptors (Lipinski definition) is 1. The molecule has 2 saturated carbocycles. The van der Waals surface area contributed by atoms with Crippen LogP contribution in [-0.2, 0) is 4.79 Å². The summed E-state index contributed by atoms with van der Waals surface area (Å²) in [6.45, 7) is 1.68. The lowest BCUT2D eigenvalue weighted by Crippen LogP contribution is -2.27. The Morgan fingerprint density at radius 2 is 1.55 bits per heavy atom. The predicted octanol–water partition coefficient (Wildman–Crippen LogP) is 8.50. The number of halogens is 1. The largest absolute Gasteiger partial charge is 0.299 e. The van der Waals surface area contributed by atoms with E-state index in [1.165, 1.54) is 31.2 Å². The zero-order valence-corrected chi connectivity index (χ0v) is 19.9. The zero-order valence-electron chi connectivity index (χ0n) is 19.9. The summed E-state index contributed by atoms with van der Waals surface area (Å²) in [5, 5.41) is 0. The molecule has 5 rings (SSSR count). The topological polar surface area (TPSA) is 17.1 Å². The first-order valence-corrected chi connectivity index (χ1v) is 13.2. The Morgan fingerprint density at radius 1 is 0.848 bits per heavy atom. The van der Waals surface area contributed by atoms with Crippen molar-refractivity contribution in [1.82, 2.24) is 0 Å². The Morgan fingerprint density at radius 3 is 2.27 bits per heavy atom. The van der Waals surface area contributed by atoms with Crippen LogP contribution in [0.2, 0.25) is 0 Å². The van der Waals surface area contributed by atoms with Crippen molar-refractivity contribution in [3.8, 4) is 0 Å². The van der Waals surface area contributed by atoms with E-state index in [0.717, 1.165) is 60.8 Å². The van der Waals surface area contributed by atoms with Gasteiger partial charge in [-0.2, -0.15) is 0 Å². The molecule has 2 atom stereocenters. The van der Waals surface area contributed by atoms with Gasteiger partial charge in [-0.15, -0.1) is 0 Å². The van der Waals surface area contributed by atoms with Gasteiger partial charge in [0, 0.05) is 17.8 Å². The van der Waals surface area contributed by atoms with Gasteiger partial charge in [-0.3, -0.25) is 4.79 Å². The molecule has 2 aromatic rings. The molecule has 0 spiro atoms. The second-order valence-corrected chi connectivity index (χ2v) is 10.6. The lowest BCUT2D eigenvalue weighted by Gasteiger charge is -2.30. The van der Waals surface area contributed by atoms with E-state index >= 15 is 0 Å². The minimum Gasteiger partial charge on any atom is -0.299 e. The molecular weight excluding hydrogens is 407 g/mol. The van der Waals surface area contributed by atoms with Gasteiger partial charge in [0.2, 0.25) is 0 Å². The summed E-state index contributed by atoms with van der Waals surface area (Å²) in [4.78, 5) is 13.1. The number of hydrogen-bond donors (Lipinski definition) is 0. The molecule has 33 heavy (non-hydrogen) atoms. The molecule has 2 aromatic carbocycles. The molecule has 0 heterocycles. The van der Waals surface area contributed by atoms with Crippen LogP contribution >= 0.6 is 0 Å². The van der Waals surface area contributed by atoms with Gasteiger partial charge in [-0.25, -0.2) is 4.39 Å². The monoisotopic (exact) mass is 444 g/mol. The fourth-order valence-electron chi connectivity index (χ4n) is 6.69. The number of alkyl halides is 1. The highest BCUT2D eigenvalue weighted by atomic mass is 19.1. The normalized spacial score (nSPS) is 26.8. The quantitative estimate of drug-likeness (QED) is 0.423. The van der Waals surface area contributed by atoms with Crippen molar-refractivity contribution >= 4 is 17.4 Å². The molecule has 3 aliphatic carbocycles. The van der Waals surface area contributed by atoms with Crippen molar-refractivity contribution in [2.45, 2.75) is 89.1 Å². The Labute approximate surface area is 198 Å². The van der Waals surface area contributed by atoms with Crippen molar-refractivity contribution in [2.24, 2.45) is 11.8 Å². The molecular formula is C31H37FO.